The standard InChI is InChI=1S/C14H24N2O/c1-4-15-7-12-6-14(17-10-12)9-16(3)8-13-5-11(13)2/h6,10-11,13,15H,4-5,7-9H2,1-3H3. The first-order valence-corrected chi connectivity index (χ1v) is 6.64. The van der Waals surface area contributed by atoms with E-state index in [0.29, 0.717) is 0 Å². The van der Waals surface area contributed by atoms with Gasteiger partial charge >= 0.3 is 0 Å². The normalized spacial score (nSPS) is 23.3. The highest BCUT2D eigenvalue weighted by Gasteiger charge is 2.33. The SMILES string of the molecule is CCNCc1coc(CN(C)CC2CC2C)c1. The predicted molar refractivity (Wildman–Crippen MR) is 69.7 cm³/mol. The number of nitrogens with zero attached hydrogens (tertiary/aromatic N) is 1. The van der Waals surface area contributed by atoms with Crippen molar-refractivity contribution in [1.82, 2.24) is 10.2 Å². The average Bonchev–Trinajstić information content (AvgIpc) is 2.78. The largest absolute Gasteiger partial charge is 0.468 e. The molecular weight excluding hydrogens is 212 g/mol. The fourth-order valence-corrected chi connectivity index (χ4v) is 2.26. The van der Waals surface area contributed by atoms with Gasteiger partial charge in [0.1, 0.15) is 5.76 Å². The maximum atomic E-state index is 5.58. The number of rotatable bonds is 7. The van der Waals surface area contributed by atoms with E-state index in [9.17, 15) is 0 Å². The van der Waals surface area contributed by atoms with E-state index in [2.05, 4.69) is 37.2 Å². The Kier molecular flexibility index (Phi) is 4.24. The molecule has 3 nitrogen and oxygen atoms in total. The molecule has 2 atom stereocenters. The lowest BCUT2D eigenvalue weighted by molar-refractivity contribution is 0.280. The minimum Gasteiger partial charge on any atom is -0.468 e. The molecule has 2 unspecified atom stereocenters. The molecule has 2 rings (SSSR count). The first-order valence-electron chi connectivity index (χ1n) is 6.64. The molecular formula is C14H24N2O. The summed E-state index contributed by atoms with van der Waals surface area (Å²) in [6.45, 7) is 8.48. The van der Waals surface area contributed by atoms with Crippen LogP contribution >= 0.6 is 0 Å². The number of nitrogens with one attached hydrogen (secondary N) is 1. The quantitative estimate of drug-likeness (QED) is 0.788. The molecule has 1 aliphatic rings. The fourth-order valence-electron chi connectivity index (χ4n) is 2.26. The van der Waals surface area contributed by atoms with Crippen molar-refractivity contribution in [3.8, 4) is 0 Å². The van der Waals surface area contributed by atoms with Gasteiger partial charge in [-0.05, 0) is 37.9 Å². The molecule has 17 heavy (non-hydrogen) atoms. The van der Waals surface area contributed by atoms with Crippen LogP contribution in [0.1, 0.15) is 31.6 Å². The zero-order valence-electron chi connectivity index (χ0n) is 11.2. The van der Waals surface area contributed by atoms with Crippen LogP contribution in [0.15, 0.2) is 16.7 Å². The summed E-state index contributed by atoms with van der Waals surface area (Å²) < 4.78 is 5.58. The zero-order valence-corrected chi connectivity index (χ0v) is 11.2. The topological polar surface area (TPSA) is 28.4 Å². The Labute approximate surface area is 104 Å². The molecule has 96 valence electrons. The van der Waals surface area contributed by atoms with E-state index in [4.69, 9.17) is 4.42 Å². The van der Waals surface area contributed by atoms with Crippen LogP contribution in [0.25, 0.3) is 0 Å². The molecule has 0 aliphatic heterocycles. The van der Waals surface area contributed by atoms with Gasteiger partial charge in [-0.15, -0.1) is 0 Å². The van der Waals surface area contributed by atoms with E-state index >= 15 is 0 Å². The third-order valence-electron chi connectivity index (χ3n) is 3.54. The van der Waals surface area contributed by atoms with Crippen molar-refractivity contribution < 1.29 is 4.42 Å². The minimum atomic E-state index is 0.906. The second kappa shape index (κ2) is 5.69. The van der Waals surface area contributed by atoms with Crippen LogP contribution in [0.4, 0.5) is 0 Å². The van der Waals surface area contributed by atoms with Gasteiger partial charge in [0.15, 0.2) is 0 Å². The molecule has 1 heterocycles. The molecule has 0 amide bonds. The van der Waals surface area contributed by atoms with Crippen molar-refractivity contribution in [3.05, 3.63) is 23.7 Å². The Bertz CT molecular complexity index is 348. The predicted octanol–water partition coefficient (Wildman–Crippen LogP) is 2.48. The van der Waals surface area contributed by atoms with Gasteiger partial charge in [-0.25, -0.2) is 0 Å². The minimum absolute atomic E-state index is 0.906. The number of furan rings is 1. The van der Waals surface area contributed by atoms with Gasteiger partial charge in [0, 0.05) is 18.7 Å². The van der Waals surface area contributed by atoms with Gasteiger partial charge in [0.25, 0.3) is 0 Å². The van der Waals surface area contributed by atoms with E-state index in [-0.39, 0.29) is 0 Å². The van der Waals surface area contributed by atoms with E-state index in [1.807, 2.05) is 6.26 Å². The Morgan fingerprint density at radius 1 is 1.53 bits per heavy atom. The second-order valence-electron chi connectivity index (χ2n) is 5.37. The second-order valence-corrected chi connectivity index (χ2v) is 5.37. The molecule has 1 fully saturated rings. The van der Waals surface area contributed by atoms with Gasteiger partial charge in [-0.2, -0.15) is 0 Å². The summed E-state index contributed by atoms with van der Waals surface area (Å²) in [6.07, 6.45) is 3.26. The van der Waals surface area contributed by atoms with Crippen molar-refractivity contribution in [2.75, 3.05) is 20.1 Å². The first kappa shape index (κ1) is 12.7. The van der Waals surface area contributed by atoms with Crippen LogP contribution in [0, 0.1) is 11.8 Å². The van der Waals surface area contributed by atoms with Crippen molar-refractivity contribution in [1.29, 1.82) is 0 Å². The van der Waals surface area contributed by atoms with Crippen molar-refractivity contribution in [2.24, 2.45) is 11.8 Å². The van der Waals surface area contributed by atoms with Crippen LogP contribution in [-0.4, -0.2) is 25.0 Å². The highest BCUT2D eigenvalue weighted by Crippen LogP contribution is 2.38. The zero-order chi connectivity index (χ0) is 12.3. The number of hydrogen-bond donors (Lipinski definition) is 1. The lowest BCUT2D eigenvalue weighted by atomic mass is 10.3. The van der Waals surface area contributed by atoms with Crippen molar-refractivity contribution >= 4 is 0 Å². The van der Waals surface area contributed by atoms with Gasteiger partial charge < -0.3 is 9.73 Å². The molecule has 1 aromatic rings. The molecule has 0 radical (unpaired) electrons. The van der Waals surface area contributed by atoms with Crippen LogP contribution in [-0.2, 0) is 13.1 Å². The smallest absolute Gasteiger partial charge is 0.118 e. The monoisotopic (exact) mass is 236 g/mol. The van der Waals surface area contributed by atoms with E-state index in [1.54, 1.807) is 0 Å². The lowest BCUT2D eigenvalue weighted by Crippen LogP contribution is -2.20. The molecule has 1 N–H and O–H groups in total. The van der Waals surface area contributed by atoms with E-state index in [1.165, 1.54) is 18.5 Å². The number of hydrogen-bond acceptors (Lipinski definition) is 3. The Morgan fingerprint density at radius 2 is 2.29 bits per heavy atom. The summed E-state index contributed by atoms with van der Waals surface area (Å²) >= 11 is 0. The molecule has 3 heteroatoms. The Hall–Kier alpha value is -0.800. The van der Waals surface area contributed by atoms with Gasteiger partial charge in [-0.3, -0.25) is 4.90 Å². The highest BCUT2D eigenvalue weighted by molar-refractivity contribution is 5.12. The van der Waals surface area contributed by atoms with Crippen LogP contribution < -0.4 is 5.32 Å². The lowest BCUT2D eigenvalue weighted by Gasteiger charge is -2.14. The molecule has 0 aromatic carbocycles. The van der Waals surface area contributed by atoms with Crippen molar-refractivity contribution in [2.45, 2.75) is 33.4 Å². The summed E-state index contributed by atoms with van der Waals surface area (Å²) in [7, 11) is 2.18. The van der Waals surface area contributed by atoms with Crippen LogP contribution in [0.5, 0.6) is 0 Å². The molecule has 0 spiro atoms. The summed E-state index contributed by atoms with van der Waals surface area (Å²) in [5.41, 5.74) is 1.25. The Morgan fingerprint density at radius 3 is 2.94 bits per heavy atom. The molecule has 1 saturated carbocycles. The first-order chi connectivity index (χ1) is 8.19. The van der Waals surface area contributed by atoms with Crippen LogP contribution in [0.2, 0.25) is 0 Å². The van der Waals surface area contributed by atoms with Crippen molar-refractivity contribution in [3.63, 3.8) is 0 Å². The van der Waals surface area contributed by atoms with Gasteiger partial charge in [0.2, 0.25) is 0 Å². The van der Waals surface area contributed by atoms with E-state index < -0.39 is 0 Å². The summed E-state index contributed by atoms with van der Waals surface area (Å²) in [5.74, 6) is 2.92. The molecule has 1 aliphatic carbocycles. The average molecular weight is 236 g/mol. The molecule has 1 aromatic heterocycles. The molecule has 0 saturated heterocycles. The maximum Gasteiger partial charge on any atom is 0.118 e. The maximum absolute atomic E-state index is 5.58. The van der Waals surface area contributed by atoms with Gasteiger partial charge in [0.05, 0.1) is 12.8 Å². The summed E-state index contributed by atoms with van der Waals surface area (Å²) in [4.78, 5) is 2.37. The summed E-state index contributed by atoms with van der Waals surface area (Å²) in [5, 5.41) is 3.31. The van der Waals surface area contributed by atoms with Gasteiger partial charge in [-0.1, -0.05) is 13.8 Å². The third-order valence-corrected chi connectivity index (χ3v) is 3.54. The highest BCUT2D eigenvalue weighted by atomic mass is 16.3. The molecule has 0 bridgehead atoms. The Balaban J connectivity index is 1.75. The summed E-state index contributed by atoms with van der Waals surface area (Å²) in [6, 6.07) is 2.16. The fraction of sp³-hybridized carbons (Fsp3) is 0.714. The third kappa shape index (κ3) is 3.86. The van der Waals surface area contributed by atoms with E-state index in [0.717, 1.165) is 37.2 Å². The van der Waals surface area contributed by atoms with Crippen LogP contribution in [0.3, 0.4) is 0 Å².